The molecule has 2 aromatic rings. The van der Waals surface area contributed by atoms with Gasteiger partial charge >= 0.3 is 0 Å². The van der Waals surface area contributed by atoms with Crippen LogP contribution in [0.15, 0.2) is 53.3 Å². The molecule has 5 nitrogen and oxygen atoms in total. The predicted octanol–water partition coefficient (Wildman–Crippen LogP) is 2.49. The van der Waals surface area contributed by atoms with E-state index in [0.717, 1.165) is 19.3 Å². The van der Waals surface area contributed by atoms with Gasteiger partial charge in [0.1, 0.15) is 6.26 Å². The average molecular weight is 326 g/mol. The Hall–Kier alpha value is -2.56. The SMILES string of the molecule is O=C(NCCc1ccccc1)C1CCCN(C(=O)c2ccoc2)C1. The van der Waals surface area contributed by atoms with E-state index in [-0.39, 0.29) is 17.7 Å². The molecule has 1 aromatic carbocycles. The third-order valence-electron chi connectivity index (χ3n) is 4.40. The minimum atomic E-state index is -0.134. The van der Waals surface area contributed by atoms with Crippen LogP contribution in [0.5, 0.6) is 0 Å². The van der Waals surface area contributed by atoms with Gasteiger partial charge in [-0.25, -0.2) is 0 Å². The number of hydrogen-bond donors (Lipinski definition) is 1. The molecule has 2 amide bonds. The second-order valence-electron chi connectivity index (χ2n) is 6.13. The van der Waals surface area contributed by atoms with Crippen molar-refractivity contribution in [2.24, 2.45) is 5.92 Å². The van der Waals surface area contributed by atoms with E-state index < -0.39 is 0 Å². The number of carbonyl (C=O) groups excluding carboxylic acids is 2. The van der Waals surface area contributed by atoms with Crippen molar-refractivity contribution < 1.29 is 14.0 Å². The maximum atomic E-state index is 12.4. The molecule has 0 radical (unpaired) electrons. The van der Waals surface area contributed by atoms with E-state index in [1.54, 1.807) is 11.0 Å². The van der Waals surface area contributed by atoms with E-state index in [1.807, 2.05) is 18.2 Å². The van der Waals surface area contributed by atoms with Crippen LogP contribution in [0.4, 0.5) is 0 Å². The lowest BCUT2D eigenvalue weighted by molar-refractivity contribution is -0.126. The maximum Gasteiger partial charge on any atom is 0.257 e. The van der Waals surface area contributed by atoms with Gasteiger partial charge in [0.05, 0.1) is 17.7 Å². The molecule has 1 atom stereocenters. The van der Waals surface area contributed by atoms with Crippen molar-refractivity contribution in [1.29, 1.82) is 0 Å². The lowest BCUT2D eigenvalue weighted by atomic mass is 9.96. The first-order chi connectivity index (χ1) is 11.7. The van der Waals surface area contributed by atoms with E-state index in [9.17, 15) is 9.59 Å². The topological polar surface area (TPSA) is 62.6 Å². The molecule has 1 aliphatic rings. The number of piperidine rings is 1. The number of rotatable bonds is 5. The number of hydrogen-bond acceptors (Lipinski definition) is 3. The van der Waals surface area contributed by atoms with Crippen LogP contribution in [0.25, 0.3) is 0 Å². The highest BCUT2D eigenvalue weighted by molar-refractivity contribution is 5.94. The summed E-state index contributed by atoms with van der Waals surface area (Å²) in [6.07, 6.45) is 5.43. The Bertz CT molecular complexity index is 667. The summed E-state index contributed by atoms with van der Waals surface area (Å²) in [7, 11) is 0. The second kappa shape index (κ2) is 7.81. The zero-order valence-corrected chi connectivity index (χ0v) is 13.6. The zero-order valence-electron chi connectivity index (χ0n) is 13.6. The highest BCUT2D eigenvalue weighted by Gasteiger charge is 2.29. The monoisotopic (exact) mass is 326 g/mol. The van der Waals surface area contributed by atoms with Gasteiger partial charge in [-0.1, -0.05) is 30.3 Å². The Balaban J connectivity index is 1.49. The normalized spacial score (nSPS) is 17.5. The largest absolute Gasteiger partial charge is 0.472 e. The van der Waals surface area contributed by atoms with E-state index in [4.69, 9.17) is 4.42 Å². The number of amides is 2. The highest BCUT2D eigenvalue weighted by atomic mass is 16.3. The first-order valence-corrected chi connectivity index (χ1v) is 8.37. The molecule has 0 bridgehead atoms. The minimum absolute atomic E-state index is 0.0376. The second-order valence-corrected chi connectivity index (χ2v) is 6.13. The van der Waals surface area contributed by atoms with Crippen molar-refractivity contribution in [2.75, 3.05) is 19.6 Å². The van der Waals surface area contributed by atoms with Gasteiger partial charge in [0.25, 0.3) is 5.91 Å². The van der Waals surface area contributed by atoms with E-state index >= 15 is 0 Å². The van der Waals surface area contributed by atoms with E-state index in [2.05, 4.69) is 17.4 Å². The van der Waals surface area contributed by atoms with Crippen molar-refractivity contribution in [1.82, 2.24) is 10.2 Å². The molecule has 24 heavy (non-hydrogen) atoms. The standard InChI is InChI=1S/C19H22N2O3/c22-18(20-10-8-15-5-2-1-3-6-15)16-7-4-11-21(13-16)19(23)17-9-12-24-14-17/h1-3,5-6,9,12,14,16H,4,7-8,10-11,13H2,(H,20,22). The number of nitrogens with one attached hydrogen (secondary N) is 1. The zero-order chi connectivity index (χ0) is 16.8. The average Bonchev–Trinajstić information content (AvgIpc) is 3.16. The predicted molar refractivity (Wildman–Crippen MR) is 90.5 cm³/mol. The summed E-state index contributed by atoms with van der Waals surface area (Å²) >= 11 is 0. The summed E-state index contributed by atoms with van der Waals surface area (Å²) in [4.78, 5) is 26.5. The molecular weight excluding hydrogens is 304 g/mol. The Kier molecular flexibility index (Phi) is 5.31. The summed E-state index contributed by atoms with van der Waals surface area (Å²) in [5, 5.41) is 3.00. The first-order valence-electron chi connectivity index (χ1n) is 8.37. The van der Waals surface area contributed by atoms with Gasteiger partial charge in [-0.3, -0.25) is 9.59 Å². The minimum Gasteiger partial charge on any atom is -0.472 e. The van der Waals surface area contributed by atoms with Crippen LogP contribution in [0.3, 0.4) is 0 Å². The molecule has 0 aliphatic carbocycles. The molecule has 1 aliphatic heterocycles. The van der Waals surface area contributed by atoms with Crippen molar-refractivity contribution in [2.45, 2.75) is 19.3 Å². The summed E-state index contributed by atoms with van der Waals surface area (Å²) in [5.41, 5.74) is 1.75. The number of benzene rings is 1. The van der Waals surface area contributed by atoms with Crippen LogP contribution >= 0.6 is 0 Å². The molecule has 5 heteroatoms. The lowest BCUT2D eigenvalue weighted by Crippen LogP contribution is -2.45. The van der Waals surface area contributed by atoms with Gasteiger partial charge in [-0.2, -0.15) is 0 Å². The summed E-state index contributed by atoms with van der Waals surface area (Å²) in [5.74, 6) is -0.161. The van der Waals surface area contributed by atoms with Crippen LogP contribution in [-0.4, -0.2) is 36.3 Å². The molecule has 1 unspecified atom stereocenters. The van der Waals surface area contributed by atoms with Crippen LogP contribution < -0.4 is 5.32 Å². The Labute approximate surface area is 141 Å². The summed E-state index contributed by atoms with van der Waals surface area (Å²) in [6, 6.07) is 11.7. The molecule has 1 saturated heterocycles. The maximum absolute atomic E-state index is 12.4. The molecule has 2 heterocycles. The van der Waals surface area contributed by atoms with Gasteiger partial charge < -0.3 is 14.6 Å². The molecule has 1 aromatic heterocycles. The third kappa shape index (κ3) is 4.04. The van der Waals surface area contributed by atoms with Gasteiger partial charge in [0.15, 0.2) is 0 Å². The van der Waals surface area contributed by atoms with Crippen LogP contribution in [0, 0.1) is 5.92 Å². The number of carbonyl (C=O) groups is 2. The smallest absolute Gasteiger partial charge is 0.257 e. The Morgan fingerprint density at radius 2 is 2.04 bits per heavy atom. The molecule has 1 fully saturated rings. The first kappa shape index (κ1) is 16.3. The lowest BCUT2D eigenvalue weighted by Gasteiger charge is -2.31. The van der Waals surface area contributed by atoms with Crippen LogP contribution in [0.1, 0.15) is 28.8 Å². The van der Waals surface area contributed by atoms with E-state index in [0.29, 0.717) is 25.2 Å². The van der Waals surface area contributed by atoms with Gasteiger partial charge in [0, 0.05) is 19.6 Å². The van der Waals surface area contributed by atoms with Crippen LogP contribution in [0.2, 0.25) is 0 Å². The van der Waals surface area contributed by atoms with Gasteiger partial charge in [-0.15, -0.1) is 0 Å². The number of likely N-dealkylation sites (tertiary alicyclic amines) is 1. The molecule has 0 saturated carbocycles. The van der Waals surface area contributed by atoms with Crippen molar-refractivity contribution in [3.63, 3.8) is 0 Å². The fraction of sp³-hybridized carbons (Fsp3) is 0.368. The Morgan fingerprint density at radius 3 is 2.79 bits per heavy atom. The van der Waals surface area contributed by atoms with Crippen molar-refractivity contribution in [3.05, 3.63) is 60.1 Å². The quantitative estimate of drug-likeness (QED) is 0.918. The molecule has 1 N–H and O–H groups in total. The third-order valence-corrected chi connectivity index (χ3v) is 4.40. The fourth-order valence-electron chi connectivity index (χ4n) is 3.06. The van der Waals surface area contributed by atoms with Gasteiger partial charge in [0.2, 0.25) is 5.91 Å². The van der Waals surface area contributed by atoms with E-state index in [1.165, 1.54) is 18.1 Å². The fourth-order valence-corrected chi connectivity index (χ4v) is 3.06. The summed E-state index contributed by atoms with van der Waals surface area (Å²) in [6.45, 7) is 1.79. The molecular formula is C19H22N2O3. The molecule has 0 spiro atoms. The highest BCUT2D eigenvalue weighted by Crippen LogP contribution is 2.19. The number of nitrogens with zero attached hydrogens (tertiary/aromatic N) is 1. The summed E-state index contributed by atoms with van der Waals surface area (Å²) < 4.78 is 4.97. The number of furan rings is 1. The molecule has 126 valence electrons. The van der Waals surface area contributed by atoms with Crippen molar-refractivity contribution in [3.8, 4) is 0 Å². The van der Waals surface area contributed by atoms with Crippen molar-refractivity contribution >= 4 is 11.8 Å². The molecule has 3 rings (SSSR count). The Morgan fingerprint density at radius 1 is 1.21 bits per heavy atom. The van der Waals surface area contributed by atoms with Crippen LogP contribution in [-0.2, 0) is 11.2 Å². The van der Waals surface area contributed by atoms with Gasteiger partial charge in [-0.05, 0) is 30.9 Å².